The number of rotatable bonds is 2. The number of fused-ring (bicyclic) bond motifs is 1. The Morgan fingerprint density at radius 1 is 1.47 bits per heavy atom. The molecule has 1 atom stereocenters. The van der Waals surface area contributed by atoms with Crippen molar-refractivity contribution in [2.24, 2.45) is 0 Å². The third-order valence-corrected chi connectivity index (χ3v) is 5.05. The second-order valence-electron chi connectivity index (χ2n) is 4.28. The molecule has 19 heavy (non-hydrogen) atoms. The number of nitrogens with zero attached hydrogens (tertiary/aromatic N) is 1. The van der Waals surface area contributed by atoms with E-state index >= 15 is 0 Å². The summed E-state index contributed by atoms with van der Waals surface area (Å²) in [5, 5.41) is 2.04. The number of benzene rings is 1. The molecule has 1 unspecified atom stereocenters. The highest BCUT2D eigenvalue weighted by Crippen LogP contribution is 2.29. The minimum atomic E-state index is -0.292. The SMILES string of the molecule is CC(c1cccs1)n1c(=S)[nH]c2cc(F)c(Br)cc21. The molecule has 0 spiro atoms. The lowest BCUT2D eigenvalue weighted by molar-refractivity contribution is 0.622. The average molecular weight is 357 g/mol. The van der Waals surface area contributed by atoms with Crippen LogP contribution in [0.5, 0.6) is 0 Å². The van der Waals surface area contributed by atoms with E-state index in [1.807, 2.05) is 16.0 Å². The Morgan fingerprint density at radius 3 is 2.95 bits per heavy atom. The molecule has 0 aliphatic heterocycles. The van der Waals surface area contributed by atoms with Gasteiger partial charge in [-0.2, -0.15) is 0 Å². The fraction of sp³-hybridized carbons (Fsp3) is 0.154. The van der Waals surface area contributed by atoms with Crippen LogP contribution in [0, 0.1) is 10.6 Å². The van der Waals surface area contributed by atoms with Crippen molar-refractivity contribution in [3.05, 3.63) is 49.6 Å². The smallest absolute Gasteiger partial charge is 0.178 e. The summed E-state index contributed by atoms with van der Waals surface area (Å²) in [6.07, 6.45) is 0. The van der Waals surface area contributed by atoms with Crippen molar-refractivity contribution < 1.29 is 4.39 Å². The highest BCUT2D eigenvalue weighted by molar-refractivity contribution is 9.10. The van der Waals surface area contributed by atoms with Gasteiger partial charge in [-0.05, 0) is 52.6 Å². The van der Waals surface area contributed by atoms with E-state index < -0.39 is 0 Å². The molecular weight excluding hydrogens is 347 g/mol. The van der Waals surface area contributed by atoms with Crippen LogP contribution in [0.1, 0.15) is 17.8 Å². The van der Waals surface area contributed by atoms with Crippen molar-refractivity contribution in [3.63, 3.8) is 0 Å². The van der Waals surface area contributed by atoms with Crippen LogP contribution >= 0.6 is 39.5 Å². The van der Waals surface area contributed by atoms with Gasteiger partial charge in [-0.3, -0.25) is 0 Å². The van der Waals surface area contributed by atoms with Crippen molar-refractivity contribution >= 4 is 50.5 Å². The van der Waals surface area contributed by atoms with Gasteiger partial charge in [-0.25, -0.2) is 4.39 Å². The minimum Gasteiger partial charge on any atom is -0.330 e. The van der Waals surface area contributed by atoms with Gasteiger partial charge in [0.05, 0.1) is 21.5 Å². The summed E-state index contributed by atoms with van der Waals surface area (Å²) in [5.41, 5.74) is 1.62. The molecule has 1 N–H and O–H groups in total. The van der Waals surface area contributed by atoms with Crippen molar-refractivity contribution in [1.29, 1.82) is 0 Å². The van der Waals surface area contributed by atoms with Crippen molar-refractivity contribution in [2.75, 3.05) is 0 Å². The van der Waals surface area contributed by atoms with E-state index in [1.54, 1.807) is 17.4 Å². The maximum Gasteiger partial charge on any atom is 0.178 e. The normalized spacial score (nSPS) is 13.0. The van der Waals surface area contributed by atoms with Crippen LogP contribution in [0.4, 0.5) is 4.39 Å². The summed E-state index contributed by atoms with van der Waals surface area (Å²) >= 11 is 10.3. The first-order valence-electron chi connectivity index (χ1n) is 5.70. The number of nitrogens with one attached hydrogen (secondary N) is 1. The average Bonchev–Trinajstić information content (AvgIpc) is 2.97. The minimum absolute atomic E-state index is 0.124. The molecule has 0 saturated carbocycles. The quantitative estimate of drug-likeness (QED) is 0.620. The standard InChI is InChI=1S/C13H10BrFN2S2/c1-7(12-3-2-4-19-12)17-11-5-8(14)9(15)6-10(11)16-13(17)18/h2-7H,1H3,(H,16,18). The molecule has 0 radical (unpaired) electrons. The van der Waals surface area contributed by atoms with Crippen LogP contribution < -0.4 is 0 Å². The fourth-order valence-electron chi connectivity index (χ4n) is 2.16. The first-order valence-corrected chi connectivity index (χ1v) is 7.78. The van der Waals surface area contributed by atoms with E-state index in [1.165, 1.54) is 10.9 Å². The number of aromatic nitrogens is 2. The van der Waals surface area contributed by atoms with Crippen molar-refractivity contribution in [3.8, 4) is 0 Å². The number of halogens is 2. The highest BCUT2D eigenvalue weighted by Gasteiger charge is 2.15. The first kappa shape index (κ1) is 13.0. The summed E-state index contributed by atoms with van der Waals surface area (Å²) < 4.78 is 16.6. The molecule has 3 aromatic rings. The number of H-pyrrole nitrogens is 1. The molecular formula is C13H10BrFN2S2. The molecule has 0 saturated heterocycles. The van der Waals surface area contributed by atoms with Crippen LogP contribution in [0.2, 0.25) is 0 Å². The van der Waals surface area contributed by atoms with Gasteiger partial charge < -0.3 is 9.55 Å². The highest BCUT2D eigenvalue weighted by atomic mass is 79.9. The molecule has 2 heterocycles. The fourth-order valence-corrected chi connectivity index (χ4v) is 3.63. The third-order valence-electron chi connectivity index (χ3n) is 3.10. The van der Waals surface area contributed by atoms with Gasteiger partial charge in [0.2, 0.25) is 0 Å². The van der Waals surface area contributed by atoms with Crippen LogP contribution in [0.3, 0.4) is 0 Å². The van der Waals surface area contributed by atoms with E-state index in [2.05, 4.69) is 33.9 Å². The number of imidazole rings is 1. The lowest BCUT2D eigenvalue weighted by Gasteiger charge is -2.13. The van der Waals surface area contributed by atoms with Gasteiger partial charge in [0, 0.05) is 10.9 Å². The Kier molecular flexibility index (Phi) is 3.32. The molecule has 3 rings (SSSR count). The number of thiophene rings is 1. The summed E-state index contributed by atoms with van der Waals surface area (Å²) in [6.45, 7) is 2.09. The summed E-state index contributed by atoms with van der Waals surface area (Å²) in [6, 6.07) is 7.45. The zero-order valence-electron chi connectivity index (χ0n) is 9.98. The van der Waals surface area contributed by atoms with Gasteiger partial charge in [0.25, 0.3) is 0 Å². The molecule has 0 aliphatic rings. The van der Waals surface area contributed by atoms with Crippen molar-refractivity contribution in [2.45, 2.75) is 13.0 Å². The predicted molar refractivity (Wildman–Crippen MR) is 82.9 cm³/mol. The first-order chi connectivity index (χ1) is 9.08. The van der Waals surface area contributed by atoms with Crippen LogP contribution in [-0.4, -0.2) is 9.55 Å². The Bertz CT molecular complexity index is 789. The van der Waals surface area contributed by atoms with Gasteiger partial charge in [-0.1, -0.05) is 6.07 Å². The molecule has 0 fully saturated rings. The molecule has 1 aromatic carbocycles. The summed E-state index contributed by atoms with van der Waals surface area (Å²) in [4.78, 5) is 4.28. The Balaban J connectivity index is 2.26. The van der Waals surface area contributed by atoms with Gasteiger partial charge in [0.15, 0.2) is 4.77 Å². The predicted octanol–water partition coefficient (Wildman–Crippen LogP) is 5.27. The maximum absolute atomic E-state index is 13.6. The van der Waals surface area contributed by atoms with Gasteiger partial charge in [-0.15, -0.1) is 11.3 Å². The molecule has 6 heteroatoms. The number of hydrogen-bond acceptors (Lipinski definition) is 2. The summed E-state index contributed by atoms with van der Waals surface area (Å²) in [7, 11) is 0. The lowest BCUT2D eigenvalue weighted by Crippen LogP contribution is -2.05. The molecule has 0 bridgehead atoms. The van der Waals surface area contributed by atoms with E-state index in [9.17, 15) is 4.39 Å². The zero-order valence-corrected chi connectivity index (χ0v) is 13.2. The zero-order chi connectivity index (χ0) is 13.6. The molecule has 0 amide bonds. The van der Waals surface area contributed by atoms with Gasteiger partial charge in [0.1, 0.15) is 5.82 Å². The molecule has 2 aromatic heterocycles. The molecule has 98 valence electrons. The van der Waals surface area contributed by atoms with E-state index in [0.29, 0.717) is 14.8 Å². The van der Waals surface area contributed by atoms with Gasteiger partial charge >= 0.3 is 0 Å². The maximum atomic E-state index is 13.6. The summed E-state index contributed by atoms with van der Waals surface area (Å²) in [5.74, 6) is -0.292. The Morgan fingerprint density at radius 2 is 2.26 bits per heavy atom. The monoisotopic (exact) mass is 356 g/mol. The van der Waals surface area contributed by atoms with Crippen molar-refractivity contribution in [1.82, 2.24) is 9.55 Å². The van der Waals surface area contributed by atoms with Crippen LogP contribution in [-0.2, 0) is 0 Å². The van der Waals surface area contributed by atoms with E-state index in [0.717, 1.165) is 5.52 Å². The Hall–Kier alpha value is -0.980. The second-order valence-corrected chi connectivity index (χ2v) is 6.50. The van der Waals surface area contributed by atoms with Crippen LogP contribution in [0.25, 0.3) is 11.0 Å². The number of aromatic amines is 1. The van der Waals surface area contributed by atoms with E-state index in [-0.39, 0.29) is 11.9 Å². The lowest BCUT2D eigenvalue weighted by atomic mass is 10.2. The molecule has 2 nitrogen and oxygen atoms in total. The molecule has 0 aliphatic carbocycles. The second kappa shape index (κ2) is 4.85. The Labute approximate surface area is 127 Å². The van der Waals surface area contributed by atoms with E-state index in [4.69, 9.17) is 12.2 Å². The van der Waals surface area contributed by atoms with Crippen LogP contribution in [0.15, 0.2) is 34.1 Å². The number of hydrogen-bond donors (Lipinski definition) is 1. The largest absolute Gasteiger partial charge is 0.330 e. The topological polar surface area (TPSA) is 20.7 Å². The third kappa shape index (κ3) is 2.17.